The number of hydrogen-bond acceptors (Lipinski definition) is 0. The zero-order chi connectivity index (χ0) is 5.11. The van der Waals surface area contributed by atoms with Gasteiger partial charge in [-0.25, -0.2) is 0 Å². The van der Waals surface area contributed by atoms with Crippen molar-refractivity contribution in [2.24, 2.45) is 0 Å². The third-order valence-corrected chi connectivity index (χ3v) is 2.34. The number of terminal acetylenes is 1. The summed E-state index contributed by atoms with van der Waals surface area (Å²) >= 11 is 0.481. The average molecular weight is 155 g/mol. The Kier molecular flexibility index (Phi) is 1.36. The summed E-state index contributed by atoms with van der Waals surface area (Å²) < 4.78 is 1.15. The molecule has 34 valence electrons. The molecule has 0 saturated heterocycles. The van der Waals surface area contributed by atoms with Crippen LogP contribution in [0.4, 0.5) is 0 Å². The van der Waals surface area contributed by atoms with E-state index in [1.54, 1.807) is 0 Å². The topological polar surface area (TPSA) is 0 Å². The second-order valence-corrected chi connectivity index (χ2v) is 3.11. The van der Waals surface area contributed by atoms with Gasteiger partial charge in [0, 0.05) is 0 Å². The summed E-state index contributed by atoms with van der Waals surface area (Å²) in [6.07, 6.45) is 5.09. The molecule has 1 heterocycles. The zero-order valence-corrected chi connectivity index (χ0v) is 5.43. The Morgan fingerprint density at radius 1 is 1.71 bits per heavy atom. The number of rotatable bonds is 0. The molecule has 0 aliphatic carbocycles. The van der Waals surface area contributed by atoms with E-state index < -0.39 is 0 Å². The quantitative estimate of drug-likeness (QED) is 0.382. The second kappa shape index (κ2) is 2.02. The van der Waals surface area contributed by atoms with E-state index in [1.165, 1.54) is 0 Å². The first-order valence-electron chi connectivity index (χ1n) is 1.93. The van der Waals surface area contributed by atoms with E-state index in [0.29, 0.717) is 14.5 Å². The maximum absolute atomic E-state index is 5.09. The second-order valence-electron chi connectivity index (χ2n) is 1.12. The Balaban J connectivity index is 3.04. The van der Waals surface area contributed by atoms with E-state index in [4.69, 9.17) is 6.42 Å². The van der Waals surface area contributed by atoms with E-state index in [-0.39, 0.29) is 0 Å². The van der Waals surface area contributed by atoms with Crippen LogP contribution < -0.4 is 0 Å². The molecule has 0 bridgehead atoms. The van der Waals surface area contributed by atoms with Gasteiger partial charge < -0.3 is 0 Å². The molecule has 1 aromatic rings. The van der Waals surface area contributed by atoms with Crippen molar-refractivity contribution in [3.05, 3.63) is 21.5 Å². The molecule has 0 amide bonds. The summed E-state index contributed by atoms with van der Waals surface area (Å²) in [5.74, 6) is 2.59. The molecule has 0 atom stereocenters. The van der Waals surface area contributed by atoms with Gasteiger partial charge in [0.1, 0.15) is 0 Å². The first kappa shape index (κ1) is 4.71. The zero-order valence-electron chi connectivity index (χ0n) is 3.72. The minimum absolute atomic E-state index is 0.481. The molecule has 1 rings (SSSR count). The monoisotopic (exact) mass is 156 g/mol. The van der Waals surface area contributed by atoms with Gasteiger partial charge in [-0.15, -0.1) is 0 Å². The van der Waals surface area contributed by atoms with E-state index in [1.807, 2.05) is 12.1 Å². The summed E-state index contributed by atoms with van der Waals surface area (Å²) in [6, 6.07) is 4.00. The Hall–Kier alpha value is -0.441. The molecule has 0 aliphatic rings. The molecule has 0 aliphatic heterocycles. The maximum atomic E-state index is 5.09. The molecule has 0 fully saturated rings. The van der Waals surface area contributed by atoms with Crippen LogP contribution in [0, 0.1) is 12.3 Å². The van der Waals surface area contributed by atoms with Crippen molar-refractivity contribution in [3.8, 4) is 12.3 Å². The summed E-state index contributed by atoms with van der Waals surface area (Å²) in [4.78, 5) is 2.11. The molecule has 7 heavy (non-hydrogen) atoms. The summed E-state index contributed by atoms with van der Waals surface area (Å²) in [5.41, 5.74) is 0. The first-order valence-corrected chi connectivity index (χ1v) is 3.78. The van der Waals surface area contributed by atoms with Crippen LogP contribution in [0.2, 0.25) is 0 Å². The van der Waals surface area contributed by atoms with E-state index in [9.17, 15) is 0 Å². The van der Waals surface area contributed by atoms with Gasteiger partial charge in [-0.05, 0) is 0 Å². The molecular weight excluding hydrogens is 151 g/mol. The Morgan fingerprint density at radius 3 is 2.86 bits per heavy atom. The molecule has 0 N–H and O–H groups in total. The van der Waals surface area contributed by atoms with Crippen molar-refractivity contribution in [2.45, 2.75) is 0 Å². The minimum atomic E-state index is 0.481. The van der Waals surface area contributed by atoms with Crippen molar-refractivity contribution in [1.82, 2.24) is 0 Å². The van der Waals surface area contributed by atoms with E-state index in [2.05, 4.69) is 10.9 Å². The van der Waals surface area contributed by atoms with Crippen LogP contribution in [0.3, 0.4) is 0 Å². The van der Waals surface area contributed by atoms with Crippen molar-refractivity contribution in [1.29, 1.82) is 0 Å². The third kappa shape index (κ3) is 0.961. The average Bonchev–Trinajstić information content (AvgIpc) is 2.14. The van der Waals surface area contributed by atoms with E-state index >= 15 is 0 Å². The van der Waals surface area contributed by atoms with Gasteiger partial charge in [-0.3, -0.25) is 0 Å². The van der Waals surface area contributed by atoms with Crippen LogP contribution in [-0.4, -0.2) is 14.5 Å². The standard InChI is InChI=1S/C6H4Se/c1-2-6-4-3-5-7-6/h1,3-5H. The van der Waals surface area contributed by atoms with Gasteiger partial charge >= 0.3 is 48.4 Å². The summed E-state index contributed by atoms with van der Waals surface area (Å²) in [5, 5.41) is 0. The Bertz CT molecular complexity index is 167. The normalized spacial score (nSPS) is 7.86. The van der Waals surface area contributed by atoms with Crippen LogP contribution in [0.1, 0.15) is 4.44 Å². The fourth-order valence-corrected chi connectivity index (χ4v) is 1.47. The summed E-state index contributed by atoms with van der Waals surface area (Å²) in [6.45, 7) is 0. The molecule has 1 heteroatoms. The Morgan fingerprint density at radius 2 is 2.57 bits per heavy atom. The van der Waals surface area contributed by atoms with Crippen molar-refractivity contribution in [2.75, 3.05) is 0 Å². The van der Waals surface area contributed by atoms with Crippen LogP contribution in [0.25, 0.3) is 0 Å². The molecular formula is C6H4Se. The van der Waals surface area contributed by atoms with Crippen LogP contribution in [0.5, 0.6) is 0 Å². The fraction of sp³-hybridized carbons (Fsp3) is 0. The number of hydrogen-bond donors (Lipinski definition) is 0. The first-order chi connectivity index (χ1) is 3.43. The molecule has 0 radical (unpaired) electrons. The fourth-order valence-electron chi connectivity index (χ4n) is 0.361. The van der Waals surface area contributed by atoms with Crippen LogP contribution >= 0.6 is 0 Å². The van der Waals surface area contributed by atoms with E-state index in [0.717, 1.165) is 4.44 Å². The van der Waals surface area contributed by atoms with Gasteiger partial charge in [-0.1, -0.05) is 0 Å². The van der Waals surface area contributed by atoms with Gasteiger partial charge in [0.15, 0.2) is 0 Å². The molecule has 0 aromatic carbocycles. The molecule has 0 saturated carbocycles. The SMILES string of the molecule is C#Cc1ccc[se]1. The Labute approximate surface area is 48.9 Å². The van der Waals surface area contributed by atoms with Crippen LogP contribution in [0.15, 0.2) is 17.1 Å². The molecule has 0 nitrogen and oxygen atoms in total. The van der Waals surface area contributed by atoms with Gasteiger partial charge in [0.25, 0.3) is 0 Å². The molecule has 0 unspecified atom stereocenters. The van der Waals surface area contributed by atoms with Gasteiger partial charge in [-0.2, -0.15) is 0 Å². The van der Waals surface area contributed by atoms with Gasteiger partial charge in [0.05, 0.1) is 0 Å². The molecule has 0 spiro atoms. The molecule has 1 aromatic heterocycles. The van der Waals surface area contributed by atoms with Crippen molar-refractivity contribution < 1.29 is 0 Å². The van der Waals surface area contributed by atoms with Crippen molar-refractivity contribution in [3.63, 3.8) is 0 Å². The van der Waals surface area contributed by atoms with Crippen LogP contribution in [-0.2, 0) is 0 Å². The predicted molar refractivity (Wildman–Crippen MR) is 31.3 cm³/mol. The third-order valence-electron chi connectivity index (χ3n) is 0.663. The predicted octanol–water partition coefficient (Wildman–Crippen LogP) is 0.725. The van der Waals surface area contributed by atoms with Gasteiger partial charge in [0.2, 0.25) is 0 Å². The van der Waals surface area contributed by atoms with Crippen molar-refractivity contribution >= 4 is 14.5 Å². The summed E-state index contributed by atoms with van der Waals surface area (Å²) in [7, 11) is 0.